The zero-order valence-electron chi connectivity index (χ0n) is 8.56. The Morgan fingerprint density at radius 2 is 2.19 bits per heavy atom. The van der Waals surface area contributed by atoms with Gasteiger partial charge in [0.05, 0.1) is 6.10 Å². The number of hydrogen-bond acceptors (Lipinski definition) is 3. The van der Waals surface area contributed by atoms with Gasteiger partial charge in [-0.15, -0.1) is 11.3 Å². The summed E-state index contributed by atoms with van der Waals surface area (Å²) in [6.07, 6.45) is 0.133. The standard InChI is InChI=1S/C12H12BrNOS/c13-9-5-11(16-7-9)6-12(15)8-2-1-3-10(14)4-8/h1-5,7,12,15H,6,14H2. The Hall–Kier alpha value is -0.840. The highest BCUT2D eigenvalue weighted by atomic mass is 79.9. The predicted octanol–water partition coefficient (Wildman–Crippen LogP) is 3.37. The molecule has 2 rings (SSSR count). The van der Waals surface area contributed by atoms with Crippen LogP contribution in [0.3, 0.4) is 0 Å². The van der Waals surface area contributed by atoms with Gasteiger partial charge < -0.3 is 10.8 Å². The van der Waals surface area contributed by atoms with Crippen molar-refractivity contribution < 1.29 is 5.11 Å². The normalized spacial score (nSPS) is 12.6. The molecule has 16 heavy (non-hydrogen) atoms. The van der Waals surface area contributed by atoms with Crippen LogP contribution < -0.4 is 5.73 Å². The number of aliphatic hydroxyl groups is 1. The van der Waals surface area contributed by atoms with Crippen molar-refractivity contribution in [2.45, 2.75) is 12.5 Å². The minimum absolute atomic E-state index is 0.492. The Kier molecular flexibility index (Phi) is 3.63. The highest BCUT2D eigenvalue weighted by molar-refractivity contribution is 9.10. The van der Waals surface area contributed by atoms with Crippen LogP contribution in [0.5, 0.6) is 0 Å². The maximum Gasteiger partial charge on any atom is 0.0839 e. The summed E-state index contributed by atoms with van der Waals surface area (Å²) in [5.74, 6) is 0. The van der Waals surface area contributed by atoms with Crippen LogP contribution in [0, 0.1) is 0 Å². The molecule has 1 unspecified atom stereocenters. The van der Waals surface area contributed by atoms with Gasteiger partial charge in [-0.05, 0) is 39.7 Å². The van der Waals surface area contributed by atoms with E-state index in [4.69, 9.17) is 5.73 Å². The second-order valence-corrected chi connectivity index (χ2v) is 5.53. The van der Waals surface area contributed by atoms with Gasteiger partial charge in [0.1, 0.15) is 0 Å². The number of aliphatic hydroxyl groups excluding tert-OH is 1. The van der Waals surface area contributed by atoms with Crippen LogP contribution in [0.25, 0.3) is 0 Å². The van der Waals surface area contributed by atoms with Crippen LogP contribution in [0.4, 0.5) is 5.69 Å². The first-order chi connectivity index (χ1) is 7.65. The molecule has 0 aliphatic heterocycles. The number of anilines is 1. The van der Waals surface area contributed by atoms with Gasteiger partial charge in [-0.1, -0.05) is 12.1 Å². The molecule has 1 atom stereocenters. The van der Waals surface area contributed by atoms with Gasteiger partial charge in [-0.3, -0.25) is 0 Å². The fraction of sp³-hybridized carbons (Fsp3) is 0.167. The molecule has 0 saturated carbocycles. The van der Waals surface area contributed by atoms with E-state index in [2.05, 4.69) is 15.9 Å². The summed E-state index contributed by atoms with van der Waals surface area (Å²) >= 11 is 5.04. The summed E-state index contributed by atoms with van der Waals surface area (Å²) in [5.41, 5.74) is 7.23. The maximum absolute atomic E-state index is 10.0. The highest BCUT2D eigenvalue weighted by Crippen LogP contribution is 2.26. The van der Waals surface area contributed by atoms with Crippen LogP contribution in [0.1, 0.15) is 16.5 Å². The number of nitrogens with two attached hydrogens (primary N) is 1. The molecule has 0 aliphatic rings. The Balaban J connectivity index is 2.11. The molecule has 0 fully saturated rings. The molecule has 2 aromatic rings. The van der Waals surface area contributed by atoms with Crippen molar-refractivity contribution in [1.29, 1.82) is 0 Å². The summed E-state index contributed by atoms with van der Waals surface area (Å²) in [7, 11) is 0. The lowest BCUT2D eigenvalue weighted by atomic mass is 10.1. The fourth-order valence-corrected chi connectivity index (χ4v) is 3.02. The molecule has 1 aromatic carbocycles. The molecule has 84 valence electrons. The average molecular weight is 298 g/mol. The van der Waals surface area contributed by atoms with Gasteiger partial charge in [0.2, 0.25) is 0 Å². The van der Waals surface area contributed by atoms with E-state index >= 15 is 0 Å². The first-order valence-corrected chi connectivity index (χ1v) is 6.59. The number of nitrogen functional groups attached to an aromatic ring is 1. The van der Waals surface area contributed by atoms with E-state index in [1.165, 1.54) is 0 Å². The summed E-state index contributed by atoms with van der Waals surface area (Å²) in [5, 5.41) is 12.1. The molecular formula is C12H12BrNOS. The van der Waals surface area contributed by atoms with E-state index in [0.717, 1.165) is 14.9 Å². The van der Waals surface area contributed by atoms with Gasteiger partial charge in [-0.25, -0.2) is 0 Å². The van der Waals surface area contributed by atoms with Gasteiger partial charge in [-0.2, -0.15) is 0 Å². The van der Waals surface area contributed by atoms with Crippen LogP contribution in [-0.4, -0.2) is 5.11 Å². The van der Waals surface area contributed by atoms with Crippen molar-refractivity contribution in [2.75, 3.05) is 5.73 Å². The Bertz CT molecular complexity index is 483. The molecule has 4 heteroatoms. The molecule has 3 N–H and O–H groups in total. The second-order valence-electron chi connectivity index (χ2n) is 3.62. The molecule has 2 nitrogen and oxygen atoms in total. The van der Waals surface area contributed by atoms with Crippen LogP contribution >= 0.6 is 27.3 Å². The van der Waals surface area contributed by atoms with E-state index in [-0.39, 0.29) is 0 Å². The van der Waals surface area contributed by atoms with E-state index in [0.29, 0.717) is 12.1 Å². The lowest BCUT2D eigenvalue weighted by Crippen LogP contribution is -2.01. The van der Waals surface area contributed by atoms with E-state index in [1.807, 2.05) is 35.7 Å². The van der Waals surface area contributed by atoms with Crippen molar-refractivity contribution in [3.8, 4) is 0 Å². The van der Waals surface area contributed by atoms with Gasteiger partial charge in [0.25, 0.3) is 0 Å². The molecule has 0 radical (unpaired) electrons. The summed E-state index contributed by atoms with van der Waals surface area (Å²) in [6.45, 7) is 0. The minimum Gasteiger partial charge on any atom is -0.399 e. The van der Waals surface area contributed by atoms with Gasteiger partial charge in [0.15, 0.2) is 0 Å². The number of benzene rings is 1. The molecule has 0 bridgehead atoms. The zero-order chi connectivity index (χ0) is 11.5. The van der Waals surface area contributed by atoms with Crippen molar-refractivity contribution >= 4 is 33.0 Å². The second kappa shape index (κ2) is 4.99. The predicted molar refractivity (Wildman–Crippen MR) is 71.5 cm³/mol. The maximum atomic E-state index is 10.0. The first kappa shape index (κ1) is 11.6. The molecule has 0 saturated heterocycles. The third kappa shape index (κ3) is 2.84. The van der Waals surface area contributed by atoms with Crippen molar-refractivity contribution in [3.05, 3.63) is 50.6 Å². The third-order valence-corrected chi connectivity index (χ3v) is 4.03. The molecular weight excluding hydrogens is 286 g/mol. The third-order valence-electron chi connectivity index (χ3n) is 2.31. The summed E-state index contributed by atoms with van der Waals surface area (Å²) in [4.78, 5) is 1.15. The smallest absolute Gasteiger partial charge is 0.0839 e. The van der Waals surface area contributed by atoms with Crippen LogP contribution in [-0.2, 0) is 6.42 Å². The molecule has 1 aromatic heterocycles. The van der Waals surface area contributed by atoms with Crippen LogP contribution in [0.15, 0.2) is 40.2 Å². The molecule has 1 heterocycles. The summed E-state index contributed by atoms with van der Waals surface area (Å²) in [6, 6.07) is 9.41. The SMILES string of the molecule is Nc1cccc(C(O)Cc2cc(Br)cs2)c1. The fourth-order valence-electron chi connectivity index (χ4n) is 1.54. The molecule has 0 aliphatic carbocycles. The zero-order valence-corrected chi connectivity index (χ0v) is 11.0. The number of rotatable bonds is 3. The number of halogens is 1. The topological polar surface area (TPSA) is 46.2 Å². The average Bonchev–Trinajstić information content (AvgIpc) is 2.64. The van der Waals surface area contributed by atoms with E-state index < -0.39 is 6.10 Å². The van der Waals surface area contributed by atoms with Gasteiger partial charge in [0, 0.05) is 26.8 Å². The lowest BCUT2D eigenvalue weighted by Gasteiger charge is -2.10. The quantitative estimate of drug-likeness (QED) is 0.853. The highest BCUT2D eigenvalue weighted by Gasteiger charge is 2.10. The van der Waals surface area contributed by atoms with Crippen LogP contribution in [0.2, 0.25) is 0 Å². The van der Waals surface area contributed by atoms with Gasteiger partial charge >= 0.3 is 0 Å². The van der Waals surface area contributed by atoms with E-state index in [1.54, 1.807) is 11.3 Å². The Labute approximate surface area is 107 Å². The first-order valence-electron chi connectivity index (χ1n) is 4.91. The largest absolute Gasteiger partial charge is 0.399 e. The summed E-state index contributed by atoms with van der Waals surface area (Å²) < 4.78 is 1.06. The lowest BCUT2D eigenvalue weighted by molar-refractivity contribution is 0.179. The number of hydrogen-bond donors (Lipinski definition) is 2. The van der Waals surface area contributed by atoms with E-state index in [9.17, 15) is 5.11 Å². The molecule has 0 spiro atoms. The minimum atomic E-state index is -0.492. The Morgan fingerprint density at radius 1 is 1.38 bits per heavy atom. The van der Waals surface area contributed by atoms with Crippen molar-refractivity contribution in [3.63, 3.8) is 0 Å². The van der Waals surface area contributed by atoms with Crippen molar-refractivity contribution in [1.82, 2.24) is 0 Å². The Morgan fingerprint density at radius 3 is 2.81 bits per heavy atom. The van der Waals surface area contributed by atoms with Crippen molar-refractivity contribution in [2.24, 2.45) is 0 Å². The molecule has 0 amide bonds. The number of thiophene rings is 1. The monoisotopic (exact) mass is 297 g/mol.